The summed E-state index contributed by atoms with van der Waals surface area (Å²) in [6.45, 7) is 0. The van der Waals surface area contributed by atoms with Crippen LogP contribution < -0.4 is 5.73 Å². The van der Waals surface area contributed by atoms with Gasteiger partial charge in [-0.15, -0.1) is 0 Å². The summed E-state index contributed by atoms with van der Waals surface area (Å²) in [7, 11) is 0. The molecule has 1 saturated carbocycles. The molecule has 1 heterocycles. The van der Waals surface area contributed by atoms with Crippen LogP contribution in [0.1, 0.15) is 23.2 Å². The summed E-state index contributed by atoms with van der Waals surface area (Å²) in [5.74, 6) is -0.216. The summed E-state index contributed by atoms with van der Waals surface area (Å²) in [6, 6.07) is 6.41. The van der Waals surface area contributed by atoms with Crippen molar-refractivity contribution in [1.82, 2.24) is 4.90 Å². The molecule has 4 unspecified atom stereocenters. The Kier molecular flexibility index (Phi) is 3.22. The van der Waals surface area contributed by atoms with Crippen LogP contribution in [0.5, 0.6) is 0 Å². The van der Waals surface area contributed by atoms with Crippen LogP contribution in [-0.4, -0.2) is 39.6 Å². The number of nitrogens with two attached hydrogens (primary N) is 1. The van der Waals surface area contributed by atoms with Crippen molar-refractivity contribution < 1.29 is 14.1 Å². The molecule has 2 amide bonds. The zero-order chi connectivity index (χ0) is 14.4. The summed E-state index contributed by atoms with van der Waals surface area (Å²) in [4.78, 5) is 26.3. The number of benzene rings is 1. The first-order valence-corrected chi connectivity index (χ1v) is 8.10. The average Bonchev–Trinajstić information content (AvgIpc) is 3.09. The molecule has 1 aliphatic carbocycles. The van der Waals surface area contributed by atoms with Crippen molar-refractivity contribution in [3.8, 4) is 0 Å². The van der Waals surface area contributed by atoms with E-state index in [9.17, 15) is 14.1 Å². The molecule has 0 spiro atoms. The van der Waals surface area contributed by atoms with Crippen molar-refractivity contribution >= 4 is 23.0 Å². The maximum absolute atomic E-state index is 12.6. The van der Waals surface area contributed by atoms with E-state index in [1.165, 1.54) is 0 Å². The Labute approximate surface area is 120 Å². The van der Waals surface area contributed by atoms with E-state index in [2.05, 4.69) is 0 Å². The lowest BCUT2D eigenvalue weighted by atomic mass is 10.1. The van der Waals surface area contributed by atoms with Crippen LogP contribution >= 0.6 is 0 Å². The fraction of sp³-hybridized carbons (Fsp3) is 0.429. The fourth-order valence-corrected chi connectivity index (χ4v) is 3.52. The minimum absolute atomic E-state index is 0.149. The minimum atomic E-state index is -1.14. The van der Waals surface area contributed by atoms with Crippen LogP contribution in [-0.2, 0) is 16.0 Å². The molecule has 1 aromatic rings. The molecule has 0 radical (unpaired) electrons. The van der Waals surface area contributed by atoms with Gasteiger partial charge in [-0.25, -0.2) is 0 Å². The third-order valence-electron chi connectivity index (χ3n) is 4.08. The number of fused-ring (bicyclic) bond motifs is 1. The molecule has 5 nitrogen and oxygen atoms in total. The predicted octanol–water partition coefficient (Wildman–Crippen LogP) is 0.512. The molecule has 6 heteroatoms. The molecule has 0 aromatic heterocycles. The Balaban J connectivity index is 1.88. The first-order chi connectivity index (χ1) is 9.49. The maximum Gasteiger partial charge on any atom is 0.254 e. The van der Waals surface area contributed by atoms with E-state index in [1.54, 1.807) is 35.4 Å². The van der Waals surface area contributed by atoms with Crippen LogP contribution in [0.3, 0.4) is 0 Å². The number of hydrogen-bond acceptors (Lipinski definition) is 3. The number of piperidine rings is 1. The van der Waals surface area contributed by atoms with E-state index in [0.717, 1.165) is 6.42 Å². The van der Waals surface area contributed by atoms with Gasteiger partial charge in [0.2, 0.25) is 5.91 Å². The fourth-order valence-electron chi connectivity index (χ4n) is 2.96. The van der Waals surface area contributed by atoms with Gasteiger partial charge < -0.3 is 15.2 Å². The van der Waals surface area contributed by atoms with Gasteiger partial charge in [0.05, 0.1) is 0 Å². The topological polar surface area (TPSA) is 86.5 Å². The van der Waals surface area contributed by atoms with E-state index in [4.69, 9.17) is 5.73 Å². The summed E-state index contributed by atoms with van der Waals surface area (Å²) >= 11 is -1.14. The molecule has 3 rings (SSSR count). The molecule has 20 heavy (non-hydrogen) atoms. The second-order valence-electron chi connectivity index (χ2n) is 5.41. The second-order valence-corrected chi connectivity index (χ2v) is 6.79. The quantitative estimate of drug-likeness (QED) is 0.824. The summed E-state index contributed by atoms with van der Waals surface area (Å²) in [5.41, 5.74) is 5.85. The van der Waals surface area contributed by atoms with Crippen LogP contribution in [0.15, 0.2) is 29.2 Å². The van der Waals surface area contributed by atoms with Gasteiger partial charge in [0, 0.05) is 17.7 Å². The zero-order valence-electron chi connectivity index (χ0n) is 11.1. The Morgan fingerprint density at radius 2 is 2.15 bits per heavy atom. The van der Waals surface area contributed by atoms with Gasteiger partial charge in [0.25, 0.3) is 5.91 Å². The number of amides is 2. The first kappa shape index (κ1) is 13.5. The second kappa shape index (κ2) is 4.79. The lowest BCUT2D eigenvalue weighted by Gasteiger charge is -2.25. The minimum Gasteiger partial charge on any atom is -0.612 e. The molecular weight excluding hydrogens is 276 g/mol. The third kappa shape index (κ3) is 2.19. The molecule has 106 valence electrons. The third-order valence-corrected chi connectivity index (χ3v) is 5.00. The molecule has 2 N–H and O–H groups in total. The van der Waals surface area contributed by atoms with Crippen molar-refractivity contribution in [1.29, 1.82) is 0 Å². The van der Waals surface area contributed by atoms with Gasteiger partial charge in [0.1, 0.15) is 12.3 Å². The van der Waals surface area contributed by atoms with Gasteiger partial charge >= 0.3 is 0 Å². The van der Waals surface area contributed by atoms with Crippen molar-refractivity contribution in [2.75, 3.05) is 6.26 Å². The largest absolute Gasteiger partial charge is 0.612 e. The molecular formula is C14H16N2O3S. The van der Waals surface area contributed by atoms with E-state index >= 15 is 0 Å². The number of nitrogens with zero attached hydrogens (tertiary/aromatic N) is 1. The van der Waals surface area contributed by atoms with Crippen molar-refractivity contribution in [3.05, 3.63) is 29.8 Å². The number of carbonyl (C=O) groups excluding carboxylic acids is 2. The van der Waals surface area contributed by atoms with E-state index in [1.807, 2.05) is 0 Å². The highest BCUT2D eigenvalue weighted by Gasteiger charge is 2.55. The van der Waals surface area contributed by atoms with Gasteiger partial charge in [-0.05, 0) is 42.1 Å². The SMILES string of the molecule is C[S+]([O-])c1cccc(C(=O)N2C(C(N)=O)CC3CC32)c1. The standard InChI is InChI=1S/C14H16N2O3S/c1-20(19)10-4-2-3-8(5-10)14(18)16-11-6-9(11)7-12(16)13(15)17/h2-5,9,11-12H,6-7H2,1H3,(H2,15,17). The van der Waals surface area contributed by atoms with Gasteiger partial charge in [-0.3, -0.25) is 9.59 Å². The summed E-state index contributed by atoms with van der Waals surface area (Å²) in [5, 5.41) is 0. The molecule has 0 bridgehead atoms. The number of carbonyl (C=O) groups is 2. The maximum atomic E-state index is 12.6. The Morgan fingerprint density at radius 3 is 2.80 bits per heavy atom. The molecule has 2 fully saturated rings. The van der Waals surface area contributed by atoms with Gasteiger partial charge in [-0.1, -0.05) is 6.07 Å². The Hall–Kier alpha value is -1.53. The van der Waals surface area contributed by atoms with Crippen molar-refractivity contribution in [3.63, 3.8) is 0 Å². The normalized spacial score (nSPS) is 28.9. The first-order valence-electron chi connectivity index (χ1n) is 6.54. The molecule has 1 aliphatic heterocycles. The Morgan fingerprint density at radius 1 is 1.40 bits per heavy atom. The van der Waals surface area contributed by atoms with Crippen LogP contribution in [0, 0.1) is 5.92 Å². The van der Waals surface area contributed by atoms with Crippen LogP contribution in [0.25, 0.3) is 0 Å². The van der Waals surface area contributed by atoms with Crippen LogP contribution in [0.2, 0.25) is 0 Å². The van der Waals surface area contributed by atoms with Gasteiger partial charge in [0.15, 0.2) is 4.90 Å². The molecule has 1 aromatic carbocycles. The number of hydrogen-bond donors (Lipinski definition) is 1. The Bertz CT molecular complexity index is 575. The monoisotopic (exact) mass is 292 g/mol. The van der Waals surface area contributed by atoms with E-state index < -0.39 is 23.1 Å². The molecule has 1 saturated heterocycles. The lowest BCUT2D eigenvalue weighted by Crippen LogP contribution is -2.46. The van der Waals surface area contributed by atoms with Crippen molar-refractivity contribution in [2.45, 2.75) is 29.8 Å². The summed E-state index contributed by atoms with van der Waals surface area (Å²) in [6.07, 6.45) is 3.20. The predicted molar refractivity (Wildman–Crippen MR) is 74.4 cm³/mol. The van der Waals surface area contributed by atoms with E-state index in [0.29, 0.717) is 22.8 Å². The van der Waals surface area contributed by atoms with E-state index in [-0.39, 0.29) is 11.9 Å². The molecule has 2 aliphatic rings. The lowest BCUT2D eigenvalue weighted by molar-refractivity contribution is -0.122. The smallest absolute Gasteiger partial charge is 0.254 e. The number of rotatable bonds is 3. The highest BCUT2D eigenvalue weighted by molar-refractivity contribution is 7.90. The van der Waals surface area contributed by atoms with Crippen molar-refractivity contribution in [2.24, 2.45) is 11.7 Å². The highest BCUT2D eigenvalue weighted by Crippen LogP contribution is 2.48. The molecule has 4 atom stereocenters. The zero-order valence-corrected chi connectivity index (χ0v) is 11.9. The van der Waals surface area contributed by atoms with Crippen LogP contribution in [0.4, 0.5) is 0 Å². The average molecular weight is 292 g/mol. The van der Waals surface area contributed by atoms with Gasteiger partial charge in [-0.2, -0.15) is 0 Å². The highest BCUT2D eigenvalue weighted by atomic mass is 32.2. The number of primary amides is 1. The summed E-state index contributed by atoms with van der Waals surface area (Å²) < 4.78 is 11.5. The number of likely N-dealkylation sites (tertiary alicyclic amines) is 1.